The normalized spacial score (nSPS) is 25.2. The van der Waals surface area contributed by atoms with Crippen LogP contribution >= 0.6 is 0 Å². The third-order valence-electron chi connectivity index (χ3n) is 5.66. The van der Waals surface area contributed by atoms with Gasteiger partial charge in [0.05, 0.1) is 13.2 Å². The second kappa shape index (κ2) is 10.3. The Morgan fingerprint density at radius 1 is 1.22 bits per heavy atom. The Labute approximate surface area is 189 Å². The SMILES string of the molecule is CCOC(=O)[C@@H]1C[C@@H](CCCc2ccccc2)[C@H]2OC[C@@H](NC(=O)OC(C)(C)C)C(=O)N21. The van der Waals surface area contributed by atoms with Crippen LogP contribution in [0.5, 0.6) is 0 Å². The summed E-state index contributed by atoms with van der Waals surface area (Å²) in [5, 5.41) is 2.58. The van der Waals surface area contributed by atoms with Crippen LogP contribution in [0.4, 0.5) is 4.79 Å². The van der Waals surface area contributed by atoms with Gasteiger partial charge in [0.15, 0.2) is 0 Å². The molecule has 0 aliphatic carbocycles. The van der Waals surface area contributed by atoms with Crippen LogP contribution in [0.2, 0.25) is 0 Å². The smallest absolute Gasteiger partial charge is 0.408 e. The molecule has 1 aromatic rings. The first-order chi connectivity index (χ1) is 15.2. The van der Waals surface area contributed by atoms with Crippen LogP contribution in [0.3, 0.4) is 0 Å². The minimum absolute atomic E-state index is 0.0274. The van der Waals surface area contributed by atoms with Gasteiger partial charge in [-0.3, -0.25) is 4.79 Å². The van der Waals surface area contributed by atoms with E-state index in [0.717, 1.165) is 19.3 Å². The van der Waals surface area contributed by atoms with Crippen molar-refractivity contribution >= 4 is 18.0 Å². The first kappa shape index (κ1) is 24.0. The maximum absolute atomic E-state index is 13.2. The molecule has 1 N–H and O–H groups in total. The van der Waals surface area contributed by atoms with E-state index in [1.807, 2.05) is 18.2 Å². The molecule has 4 atom stereocenters. The van der Waals surface area contributed by atoms with Crippen LogP contribution in [-0.2, 0) is 30.2 Å². The minimum atomic E-state index is -0.902. The lowest BCUT2D eigenvalue weighted by Crippen LogP contribution is -2.61. The second-order valence-corrected chi connectivity index (χ2v) is 9.31. The molecular weight excluding hydrogens is 412 g/mol. The van der Waals surface area contributed by atoms with E-state index in [4.69, 9.17) is 14.2 Å². The van der Waals surface area contributed by atoms with Crippen LogP contribution in [0, 0.1) is 5.92 Å². The molecule has 3 rings (SSSR count). The summed E-state index contributed by atoms with van der Waals surface area (Å²) in [6.07, 6.45) is 1.97. The van der Waals surface area contributed by atoms with Gasteiger partial charge in [0, 0.05) is 5.92 Å². The van der Waals surface area contributed by atoms with Crippen molar-refractivity contribution in [3.05, 3.63) is 35.9 Å². The summed E-state index contributed by atoms with van der Waals surface area (Å²) in [5.41, 5.74) is 0.572. The summed E-state index contributed by atoms with van der Waals surface area (Å²) in [6, 6.07) is 8.60. The van der Waals surface area contributed by atoms with E-state index in [0.29, 0.717) is 6.42 Å². The van der Waals surface area contributed by atoms with Crippen molar-refractivity contribution in [2.45, 2.75) is 77.3 Å². The number of nitrogens with one attached hydrogen (secondary N) is 1. The van der Waals surface area contributed by atoms with Crippen molar-refractivity contribution in [2.75, 3.05) is 13.2 Å². The van der Waals surface area contributed by atoms with Crippen molar-refractivity contribution < 1.29 is 28.6 Å². The Kier molecular flexibility index (Phi) is 7.77. The number of benzene rings is 1. The van der Waals surface area contributed by atoms with Gasteiger partial charge in [-0.1, -0.05) is 30.3 Å². The van der Waals surface area contributed by atoms with Gasteiger partial charge in [0.25, 0.3) is 0 Å². The zero-order valence-corrected chi connectivity index (χ0v) is 19.3. The molecular formula is C24H34N2O6. The Morgan fingerprint density at radius 3 is 2.59 bits per heavy atom. The molecule has 176 valence electrons. The van der Waals surface area contributed by atoms with E-state index in [1.165, 1.54) is 10.5 Å². The molecule has 0 bridgehead atoms. The molecule has 0 saturated carbocycles. The third kappa shape index (κ3) is 6.00. The number of alkyl carbamates (subject to hydrolysis) is 1. The van der Waals surface area contributed by atoms with Crippen LogP contribution in [0.25, 0.3) is 0 Å². The largest absolute Gasteiger partial charge is 0.464 e. The molecule has 2 aliphatic rings. The first-order valence-electron chi connectivity index (χ1n) is 11.3. The Balaban J connectivity index is 1.67. The van der Waals surface area contributed by atoms with Gasteiger partial charge in [-0.05, 0) is 58.9 Å². The molecule has 8 nitrogen and oxygen atoms in total. The average molecular weight is 447 g/mol. The fourth-order valence-corrected chi connectivity index (χ4v) is 4.34. The van der Waals surface area contributed by atoms with E-state index in [-0.39, 0.29) is 25.0 Å². The fraction of sp³-hybridized carbons (Fsp3) is 0.625. The molecule has 0 spiro atoms. The van der Waals surface area contributed by atoms with Crippen molar-refractivity contribution in [3.63, 3.8) is 0 Å². The summed E-state index contributed by atoms with van der Waals surface area (Å²) in [4.78, 5) is 39.5. The Morgan fingerprint density at radius 2 is 1.94 bits per heavy atom. The van der Waals surface area contributed by atoms with Gasteiger partial charge < -0.3 is 24.4 Å². The molecule has 1 aromatic carbocycles. The van der Waals surface area contributed by atoms with Gasteiger partial charge in [0.2, 0.25) is 5.91 Å². The van der Waals surface area contributed by atoms with E-state index in [9.17, 15) is 14.4 Å². The molecule has 2 amide bonds. The highest BCUT2D eigenvalue weighted by Gasteiger charge is 2.52. The number of amides is 2. The average Bonchev–Trinajstić information content (AvgIpc) is 3.09. The van der Waals surface area contributed by atoms with E-state index < -0.39 is 36.0 Å². The van der Waals surface area contributed by atoms with Gasteiger partial charge in [0.1, 0.15) is 23.9 Å². The molecule has 0 radical (unpaired) electrons. The predicted molar refractivity (Wildman–Crippen MR) is 118 cm³/mol. The van der Waals surface area contributed by atoms with Crippen molar-refractivity contribution in [1.29, 1.82) is 0 Å². The molecule has 8 heteroatoms. The highest BCUT2D eigenvalue weighted by Crippen LogP contribution is 2.37. The number of carbonyl (C=O) groups is 3. The third-order valence-corrected chi connectivity index (χ3v) is 5.66. The van der Waals surface area contributed by atoms with Gasteiger partial charge >= 0.3 is 12.1 Å². The van der Waals surface area contributed by atoms with Gasteiger partial charge in [-0.25, -0.2) is 9.59 Å². The molecule has 32 heavy (non-hydrogen) atoms. The standard InChI is InChI=1S/C24H34N2O6/c1-5-30-22(28)19-14-17(13-9-12-16-10-7-6-8-11-16)21-26(19)20(27)18(15-31-21)25-23(29)32-24(2,3)4/h6-8,10-11,17-19,21H,5,9,12-15H2,1-4H3,(H,25,29)/t17-,18-,19+,21-/m1/s1. The van der Waals surface area contributed by atoms with E-state index in [2.05, 4.69) is 17.4 Å². The van der Waals surface area contributed by atoms with Gasteiger partial charge in [-0.2, -0.15) is 0 Å². The zero-order chi connectivity index (χ0) is 23.3. The number of aryl methyl sites for hydroxylation is 1. The molecule has 2 heterocycles. The Hall–Kier alpha value is -2.61. The quantitative estimate of drug-likeness (QED) is 0.647. The molecule has 0 unspecified atom stereocenters. The lowest BCUT2D eigenvalue weighted by Gasteiger charge is -2.38. The van der Waals surface area contributed by atoms with Gasteiger partial charge in [-0.15, -0.1) is 0 Å². The lowest BCUT2D eigenvalue weighted by atomic mass is 9.96. The van der Waals surface area contributed by atoms with E-state index in [1.54, 1.807) is 27.7 Å². The number of esters is 1. The zero-order valence-electron chi connectivity index (χ0n) is 19.3. The first-order valence-corrected chi connectivity index (χ1v) is 11.3. The number of rotatable bonds is 7. The fourth-order valence-electron chi connectivity index (χ4n) is 4.34. The maximum atomic E-state index is 13.2. The number of carbonyl (C=O) groups excluding carboxylic acids is 3. The topological polar surface area (TPSA) is 94.2 Å². The van der Waals surface area contributed by atoms with Crippen LogP contribution in [-0.4, -0.2) is 60.0 Å². The summed E-state index contributed by atoms with van der Waals surface area (Å²) >= 11 is 0. The number of nitrogens with zero attached hydrogens (tertiary/aromatic N) is 1. The van der Waals surface area contributed by atoms with Crippen molar-refractivity contribution in [3.8, 4) is 0 Å². The highest BCUT2D eigenvalue weighted by molar-refractivity contribution is 5.91. The molecule has 0 aromatic heterocycles. The molecule has 2 fully saturated rings. The predicted octanol–water partition coefficient (Wildman–Crippen LogP) is 3.04. The second-order valence-electron chi connectivity index (χ2n) is 9.31. The van der Waals surface area contributed by atoms with Crippen LogP contribution in [0.15, 0.2) is 30.3 Å². The van der Waals surface area contributed by atoms with Crippen LogP contribution < -0.4 is 5.32 Å². The number of hydrogen-bond acceptors (Lipinski definition) is 6. The number of ether oxygens (including phenoxy) is 3. The monoisotopic (exact) mass is 446 g/mol. The molecule has 2 aliphatic heterocycles. The summed E-state index contributed by atoms with van der Waals surface area (Å²) in [5.74, 6) is -0.742. The Bertz CT molecular complexity index is 806. The molecule has 2 saturated heterocycles. The lowest BCUT2D eigenvalue weighted by molar-refractivity contribution is -0.175. The number of hydrogen-bond donors (Lipinski definition) is 1. The summed E-state index contributed by atoms with van der Waals surface area (Å²) < 4.78 is 16.5. The highest BCUT2D eigenvalue weighted by atomic mass is 16.6. The minimum Gasteiger partial charge on any atom is -0.464 e. The maximum Gasteiger partial charge on any atom is 0.408 e. The van der Waals surface area contributed by atoms with Crippen molar-refractivity contribution in [1.82, 2.24) is 10.2 Å². The summed E-state index contributed by atoms with van der Waals surface area (Å²) in [6.45, 7) is 7.27. The van der Waals surface area contributed by atoms with Crippen molar-refractivity contribution in [2.24, 2.45) is 5.92 Å². The summed E-state index contributed by atoms with van der Waals surface area (Å²) in [7, 11) is 0. The number of fused-ring (bicyclic) bond motifs is 1. The van der Waals surface area contributed by atoms with Crippen LogP contribution in [0.1, 0.15) is 52.5 Å². The van der Waals surface area contributed by atoms with E-state index >= 15 is 0 Å².